The van der Waals surface area contributed by atoms with Gasteiger partial charge < -0.3 is 5.32 Å². The third kappa shape index (κ3) is 4.52. The maximum atomic E-state index is 12.4. The molecule has 2 rings (SSSR count). The Bertz CT molecular complexity index is 551. The lowest BCUT2D eigenvalue weighted by Crippen LogP contribution is -2.30. The van der Waals surface area contributed by atoms with Gasteiger partial charge in [0, 0.05) is 32.4 Å². The quantitative estimate of drug-likeness (QED) is 0.746. The second kappa shape index (κ2) is 6.89. The van der Waals surface area contributed by atoms with Crippen molar-refractivity contribution in [1.82, 2.24) is 19.4 Å². The Balaban J connectivity index is 1.93. The summed E-state index contributed by atoms with van der Waals surface area (Å²) >= 11 is 0. The van der Waals surface area contributed by atoms with Crippen LogP contribution in [0.4, 0.5) is 0 Å². The molecule has 0 amide bonds. The van der Waals surface area contributed by atoms with Gasteiger partial charge in [-0.25, -0.2) is 12.7 Å². The van der Waals surface area contributed by atoms with Gasteiger partial charge in [-0.2, -0.15) is 5.10 Å². The van der Waals surface area contributed by atoms with Gasteiger partial charge in [0.15, 0.2) is 0 Å². The van der Waals surface area contributed by atoms with Crippen LogP contribution >= 0.6 is 0 Å². The minimum absolute atomic E-state index is 0.278. The lowest BCUT2D eigenvalue weighted by Gasteiger charge is -2.19. The van der Waals surface area contributed by atoms with Crippen LogP contribution < -0.4 is 5.32 Å². The highest BCUT2D eigenvalue weighted by atomic mass is 32.2. The molecule has 0 spiro atoms. The van der Waals surface area contributed by atoms with E-state index in [1.165, 1.54) is 23.3 Å². The molecule has 1 aliphatic rings. The van der Waals surface area contributed by atoms with Crippen molar-refractivity contribution in [3.8, 4) is 0 Å². The topological polar surface area (TPSA) is 67.2 Å². The predicted molar refractivity (Wildman–Crippen MR) is 82.5 cm³/mol. The van der Waals surface area contributed by atoms with Gasteiger partial charge in [0.2, 0.25) is 10.0 Å². The highest BCUT2D eigenvalue weighted by Gasteiger charge is 2.24. The first-order valence-electron chi connectivity index (χ1n) is 7.65. The van der Waals surface area contributed by atoms with E-state index < -0.39 is 10.0 Å². The molecule has 0 bridgehead atoms. The number of nitrogens with zero attached hydrogens (tertiary/aromatic N) is 3. The normalized spacial score (nSPS) is 17.3. The van der Waals surface area contributed by atoms with Gasteiger partial charge in [-0.05, 0) is 18.8 Å². The van der Waals surface area contributed by atoms with Crippen LogP contribution in [0.5, 0.6) is 0 Å². The molecule has 1 aliphatic carbocycles. The summed E-state index contributed by atoms with van der Waals surface area (Å²) in [6.07, 6.45) is 6.53. The summed E-state index contributed by atoms with van der Waals surface area (Å²) in [7, 11) is -1.79. The Morgan fingerprint density at radius 2 is 2.24 bits per heavy atom. The zero-order valence-corrected chi connectivity index (χ0v) is 13.9. The van der Waals surface area contributed by atoms with Gasteiger partial charge in [0.05, 0.1) is 12.7 Å². The fraction of sp³-hybridized carbons (Fsp3) is 0.786. The summed E-state index contributed by atoms with van der Waals surface area (Å²) < 4.78 is 28.0. The van der Waals surface area contributed by atoms with E-state index in [9.17, 15) is 8.42 Å². The number of nitrogens with one attached hydrogen (secondary N) is 1. The van der Waals surface area contributed by atoms with Gasteiger partial charge in [-0.3, -0.25) is 4.68 Å². The van der Waals surface area contributed by atoms with E-state index in [-0.39, 0.29) is 4.90 Å². The van der Waals surface area contributed by atoms with Crippen molar-refractivity contribution in [3.05, 3.63) is 12.4 Å². The van der Waals surface area contributed by atoms with Gasteiger partial charge in [-0.15, -0.1) is 0 Å². The molecule has 6 nitrogen and oxygen atoms in total. The van der Waals surface area contributed by atoms with Gasteiger partial charge in [0.1, 0.15) is 4.90 Å². The standard InChI is InChI=1S/C14H26N4O2S/c1-4-12(2)10-17(3)21(19,20)14-9-16-18(11-14)8-7-15-13-5-6-13/h9,11-13,15H,4-8,10H2,1-3H3. The monoisotopic (exact) mass is 314 g/mol. The van der Waals surface area contributed by atoms with Gasteiger partial charge in [0.25, 0.3) is 0 Å². The zero-order valence-electron chi connectivity index (χ0n) is 13.1. The molecule has 120 valence electrons. The number of aromatic nitrogens is 2. The summed E-state index contributed by atoms with van der Waals surface area (Å²) in [4.78, 5) is 0.278. The summed E-state index contributed by atoms with van der Waals surface area (Å²) in [5.41, 5.74) is 0. The zero-order chi connectivity index (χ0) is 15.5. The van der Waals surface area contributed by atoms with Gasteiger partial charge >= 0.3 is 0 Å². The van der Waals surface area contributed by atoms with E-state index in [0.717, 1.165) is 13.0 Å². The van der Waals surface area contributed by atoms with Crippen LogP contribution in [-0.4, -0.2) is 48.7 Å². The highest BCUT2D eigenvalue weighted by Crippen LogP contribution is 2.18. The Morgan fingerprint density at radius 3 is 2.86 bits per heavy atom. The Labute approximate surface area is 127 Å². The molecule has 0 saturated heterocycles. The lowest BCUT2D eigenvalue weighted by molar-refractivity contribution is 0.393. The molecule has 1 saturated carbocycles. The predicted octanol–water partition coefficient (Wildman–Crippen LogP) is 1.30. The first-order valence-corrected chi connectivity index (χ1v) is 9.09. The molecule has 1 heterocycles. The largest absolute Gasteiger partial charge is 0.312 e. The van der Waals surface area contributed by atoms with Crippen LogP contribution in [-0.2, 0) is 16.6 Å². The molecule has 7 heteroatoms. The molecule has 1 N–H and O–H groups in total. The summed E-state index contributed by atoms with van der Waals surface area (Å²) in [5.74, 6) is 0.350. The molecular weight excluding hydrogens is 288 g/mol. The van der Waals surface area contributed by atoms with Crippen LogP contribution in [0.25, 0.3) is 0 Å². The second-order valence-corrected chi connectivity index (χ2v) is 8.01. The van der Waals surface area contributed by atoms with Crippen LogP contribution in [0, 0.1) is 5.92 Å². The Hall–Kier alpha value is -0.920. The van der Waals surface area contributed by atoms with E-state index in [2.05, 4.69) is 24.3 Å². The molecule has 0 aliphatic heterocycles. The first kappa shape index (κ1) is 16.5. The first-order chi connectivity index (χ1) is 9.93. The average molecular weight is 314 g/mol. The molecular formula is C14H26N4O2S. The molecule has 21 heavy (non-hydrogen) atoms. The molecule has 1 fully saturated rings. The maximum Gasteiger partial charge on any atom is 0.245 e. The molecule has 1 aromatic heterocycles. The van der Waals surface area contributed by atoms with Crippen molar-refractivity contribution in [3.63, 3.8) is 0 Å². The van der Waals surface area contributed by atoms with Crippen molar-refractivity contribution in [2.45, 2.75) is 50.6 Å². The smallest absolute Gasteiger partial charge is 0.245 e. The van der Waals surface area contributed by atoms with Crippen molar-refractivity contribution in [2.24, 2.45) is 5.92 Å². The second-order valence-electron chi connectivity index (χ2n) is 5.97. The van der Waals surface area contributed by atoms with Crippen molar-refractivity contribution in [2.75, 3.05) is 20.1 Å². The summed E-state index contributed by atoms with van der Waals surface area (Å²) in [6, 6.07) is 0.658. The Kier molecular flexibility index (Phi) is 5.40. The van der Waals surface area contributed by atoms with Crippen LogP contribution in [0.15, 0.2) is 17.3 Å². The molecule has 0 radical (unpaired) electrons. The Morgan fingerprint density at radius 1 is 1.52 bits per heavy atom. The van der Waals surface area contributed by atoms with E-state index in [4.69, 9.17) is 0 Å². The van der Waals surface area contributed by atoms with Crippen molar-refractivity contribution in [1.29, 1.82) is 0 Å². The van der Waals surface area contributed by atoms with Crippen LogP contribution in [0.2, 0.25) is 0 Å². The van der Waals surface area contributed by atoms with E-state index >= 15 is 0 Å². The van der Waals surface area contributed by atoms with Crippen molar-refractivity contribution < 1.29 is 8.42 Å². The number of sulfonamides is 1. The maximum absolute atomic E-state index is 12.4. The summed E-state index contributed by atoms with van der Waals surface area (Å²) in [6.45, 7) is 6.18. The molecule has 1 aromatic rings. The molecule has 1 unspecified atom stereocenters. The number of rotatable bonds is 9. The summed E-state index contributed by atoms with van der Waals surface area (Å²) in [5, 5.41) is 7.54. The van der Waals surface area contributed by atoms with E-state index in [0.29, 0.717) is 25.0 Å². The molecule has 0 aromatic carbocycles. The fourth-order valence-corrected chi connectivity index (χ4v) is 3.36. The minimum atomic E-state index is -3.42. The number of hydrogen-bond acceptors (Lipinski definition) is 4. The third-order valence-corrected chi connectivity index (χ3v) is 5.71. The van der Waals surface area contributed by atoms with Crippen molar-refractivity contribution >= 4 is 10.0 Å². The highest BCUT2D eigenvalue weighted by molar-refractivity contribution is 7.89. The fourth-order valence-electron chi connectivity index (χ4n) is 2.12. The van der Waals surface area contributed by atoms with Crippen LogP contribution in [0.1, 0.15) is 33.1 Å². The third-order valence-electron chi connectivity index (χ3n) is 3.93. The average Bonchev–Trinajstić information content (AvgIpc) is 3.14. The van der Waals surface area contributed by atoms with E-state index in [1.807, 2.05) is 0 Å². The minimum Gasteiger partial charge on any atom is -0.312 e. The molecule has 1 atom stereocenters. The number of hydrogen-bond donors (Lipinski definition) is 1. The SMILES string of the molecule is CCC(C)CN(C)S(=O)(=O)c1cnn(CCNC2CC2)c1. The van der Waals surface area contributed by atoms with E-state index in [1.54, 1.807) is 17.9 Å². The van der Waals surface area contributed by atoms with Gasteiger partial charge in [-0.1, -0.05) is 20.3 Å². The van der Waals surface area contributed by atoms with Crippen LogP contribution in [0.3, 0.4) is 0 Å². The lowest BCUT2D eigenvalue weighted by atomic mass is 10.1.